The smallest absolute Gasteiger partial charge is 0.417 e. The molecule has 1 aromatic heterocycles. The number of nitrogens with zero attached hydrogens (tertiary/aromatic N) is 1. The van der Waals surface area contributed by atoms with Crippen molar-refractivity contribution in [3.8, 4) is 5.75 Å². The highest BCUT2D eigenvalue weighted by Gasteiger charge is 2.31. The monoisotopic (exact) mass is 408 g/mol. The van der Waals surface area contributed by atoms with Crippen molar-refractivity contribution >= 4 is 40.9 Å². The lowest BCUT2D eigenvalue weighted by atomic mass is 10.2. The van der Waals surface area contributed by atoms with Crippen LogP contribution in [0.3, 0.4) is 0 Å². The molecule has 2 aromatic rings. The summed E-state index contributed by atoms with van der Waals surface area (Å²) in [4.78, 5) is 27.0. The Labute approximate surface area is 154 Å². The number of nitrogens with one attached hydrogen (secondary N) is 1. The fraction of sp³-hybridized carbons (Fsp3) is 0.133. The molecule has 2 N–H and O–H groups in total. The van der Waals surface area contributed by atoms with Crippen molar-refractivity contribution in [1.82, 2.24) is 4.98 Å². The van der Waals surface area contributed by atoms with E-state index in [9.17, 15) is 27.9 Å². The molecular weight excluding hydrogens is 400 g/mol. The number of pyridine rings is 1. The first kappa shape index (κ1) is 19.8. The number of phenols is 1. The number of ether oxygens (including phenoxy) is 1. The summed E-state index contributed by atoms with van der Waals surface area (Å²) >= 11 is 11.3. The number of anilines is 1. The zero-order valence-electron chi connectivity index (χ0n) is 12.6. The predicted octanol–water partition coefficient (Wildman–Crippen LogP) is 3.91. The van der Waals surface area contributed by atoms with E-state index in [0.717, 1.165) is 6.07 Å². The van der Waals surface area contributed by atoms with Crippen LogP contribution in [0.25, 0.3) is 0 Å². The van der Waals surface area contributed by atoms with Gasteiger partial charge >= 0.3 is 12.1 Å². The third-order valence-corrected chi connectivity index (χ3v) is 3.46. The molecule has 0 aliphatic carbocycles. The summed E-state index contributed by atoms with van der Waals surface area (Å²) in [6, 6.07) is 4.26. The van der Waals surface area contributed by atoms with Gasteiger partial charge in [0.15, 0.2) is 12.4 Å². The zero-order chi connectivity index (χ0) is 19.5. The van der Waals surface area contributed by atoms with Crippen LogP contribution >= 0.6 is 23.2 Å². The van der Waals surface area contributed by atoms with Crippen molar-refractivity contribution in [3.05, 3.63) is 51.6 Å². The Kier molecular flexibility index (Phi) is 5.94. The van der Waals surface area contributed by atoms with Crippen molar-refractivity contribution < 1.29 is 32.6 Å². The van der Waals surface area contributed by atoms with E-state index in [0.29, 0.717) is 12.3 Å². The number of alkyl halides is 3. The molecular formula is C15H9Cl2F3N2O4. The normalized spacial score (nSPS) is 11.1. The Hall–Kier alpha value is -2.52. The summed E-state index contributed by atoms with van der Waals surface area (Å²) in [6.45, 7) is -0.788. The van der Waals surface area contributed by atoms with E-state index < -0.39 is 41.0 Å². The number of benzene rings is 1. The molecule has 0 radical (unpaired) electrons. The Morgan fingerprint density at radius 1 is 1.23 bits per heavy atom. The van der Waals surface area contributed by atoms with Crippen LogP contribution in [0.5, 0.6) is 5.75 Å². The summed E-state index contributed by atoms with van der Waals surface area (Å²) in [5.41, 5.74) is -1.33. The van der Waals surface area contributed by atoms with Crippen LogP contribution in [0.15, 0.2) is 30.5 Å². The molecule has 0 aliphatic heterocycles. The molecule has 6 nitrogen and oxygen atoms in total. The maximum absolute atomic E-state index is 12.5. The predicted molar refractivity (Wildman–Crippen MR) is 86.3 cm³/mol. The van der Waals surface area contributed by atoms with Crippen molar-refractivity contribution in [3.63, 3.8) is 0 Å². The van der Waals surface area contributed by atoms with Gasteiger partial charge in [0.05, 0.1) is 10.6 Å². The first-order chi connectivity index (χ1) is 12.1. The topological polar surface area (TPSA) is 88.5 Å². The first-order valence-corrected chi connectivity index (χ1v) is 7.51. The Morgan fingerprint density at radius 3 is 2.54 bits per heavy atom. The van der Waals surface area contributed by atoms with Crippen molar-refractivity contribution in [2.24, 2.45) is 0 Å². The summed E-state index contributed by atoms with van der Waals surface area (Å²) in [6.07, 6.45) is -4.13. The number of rotatable bonds is 4. The van der Waals surface area contributed by atoms with Gasteiger partial charge in [-0.1, -0.05) is 23.2 Å². The van der Waals surface area contributed by atoms with E-state index in [4.69, 9.17) is 27.9 Å². The number of halogens is 5. The van der Waals surface area contributed by atoms with Gasteiger partial charge in [0.25, 0.3) is 5.91 Å². The number of carbonyl (C=O) groups is 2. The molecule has 138 valence electrons. The molecule has 0 aliphatic rings. The van der Waals surface area contributed by atoms with E-state index in [-0.39, 0.29) is 16.4 Å². The minimum atomic E-state index is -4.63. The highest BCUT2D eigenvalue weighted by Crippen LogP contribution is 2.32. The number of hydrogen-bond donors (Lipinski definition) is 2. The van der Waals surface area contributed by atoms with Gasteiger partial charge in [-0.05, 0) is 24.3 Å². The molecule has 1 aromatic carbocycles. The van der Waals surface area contributed by atoms with E-state index in [2.05, 4.69) is 10.3 Å². The van der Waals surface area contributed by atoms with Crippen LogP contribution in [0.4, 0.5) is 19.0 Å². The lowest BCUT2D eigenvalue weighted by Crippen LogP contribution is -2.22. The molecule has 0 saturated heterocycles. The molecule has 2 rings (SSSR count). The third kappa shape index (κ3) is 4.99. The minimum absolute atomic E-state index is 0.167. The van der Waals surface area contributed by atoms with Gasteiger partial charge in [0, 0.05) is 11.2 Å². The number of esters is 1. The Morgan fingerprint density at radius 2 is 1.92 bits per heavy atom. The van der Waals surface area contributed by atoms with Crippen molar-refractivity contribution in [1.29, 1.82) is 0 Å². The summed E-state index contributed by atoms with van der Waals surface area (Å²) in [5, 5.41) is 11.4. The molecule has 0 atom stereocenters. The second kappa shape index (κ2) is 7.79. The van der Waals surface area contributed by atoms with Crippen molar-refractivity contribution in [2.45, 2.75) is 6.18 Å². The number of phenolic OH excluding ortho intramolecular Hbond substituents is 1. The van der Waals surface area contributed by atoms with E-state index in [1.807, 2.05) is 0 Å². The average molecular weight is 409 g/mol. The lowest BCUT2D eigenvalue weighted by Gasteiger charge is -2.10. The largest absolute Gasteiger partial charge is 0.507 e. The number of hydrogen-bond acceptors (Lipinski definition) is 5. The lowest BCUT2D eigenvalue weighted by molar-refractivity contribution is -0.137. The highest BCUT2D eigenvalue weighted by molar-refractivity contribution is 6.33. The van der Waals surface area contributed by atoms with Gasteiger partial charge in [-0.15, -0.1) is 0 Å². The molecule has 0 spiro atoms. The molecule has 1 amide bonds. The molecule has 0 saturated carbocycles. The number of amides is 1. The maximum atomic E-state index is 12.5. The second-order valence-corrected chi connectivity index (χ2v) is 5.68. The molecule has 1 heterocycles. The zero-order valence-corrected chi connectivity index (χ0v) is 14.1. The van der Waals surface area contributed by atoms with Gasteiger partial charge in [-0.3, -0.25) is 4.79 Å². The van der Waals surface area contributed by atoms with E-state index in [1.54, 1.807) is 0 Å². The van der Waals surface area contributed by atoms with Gasteiger partial charge in [-0.2, -0.15) is 13.2 Å². The molecule has 11 heteroatoms. The minimum Gasteiger partial charge on any atom is -0.507 e. The van der Waals surface area contributed by atoms with Crippen molar-refractivity contribution in [2.75, 3.05) is 11.9 Å². The SMILES string of the molecule is O=C(COC(=O)c1cc(Cl)ccc1O)Nc1ncc(C(F)(F)F)cc1Cl. The average Bonchev–Trinajstić information content (AvgIpc) is 2.55. The molecule has 0 fully saturated rings. The Balaban J connectivity index is 1.99. The number of aromatic hydroxyl groups is 1. The fourth-order valence-corrected chi connectivity index (χ4v) is 2.12. The van der Waals surface area contributed by atoms with Gasteiger partial charge in [0.1, 0.15) is 11.3 Å². The van der Waals surface area contributed by atoms with Crippen LogP contribution in [-0.2, 0) is 15.7 Å². The van der Waals surface area contributed by atoms with Gasteiger partial charge in [0.2, 0.25) is 0 Å². The summed E-state index contributed by atoms with van der Waals surface area (Å²) in [5.74, 6) is -2.64. The van der Waals surface area contributed by atoms with E-state index in [1.165, 1.54) is 12.1 Å². The van der Waals surface area contributed by atoms with Crippen LogP contribution in [0, 0.1) is 0 Å². The van der Waals surface area contributed by atoms with Crippen LogP contribution in [-0.4, -0.2) is 28.6 Å². The standard InChI is InChI=1S/C15H9Cl2F3N2O4/c16-8-1-2-11(23)9(4-8)14(25)26-6-12(24)22-13-10(17)3-7(5-21-13)15(18,19)20/h1-5,23H,6H2,(H,21,22,24). The quantitative estimate of drug-likeness (QED) is 0.748. The van der Waals surface area contributed by atoms with Gasteiger partial charge < -0.3 is 15.2 Å². The summed E-state index contributed by atoms with van der Waals surface area (Å²) in [7, 11) is 0. The molecule has 0 bridgehead atoms. The highest BCUT2D eigenvalue weighted by atomic mass is 35.5. The van der Waals surface area contributed by atoms with Crippen LogP contribution in [0.2, 0.25) is 10.0 Å². The number of carbonyl (C=O) groups excluding carboxylic acids is 2. The fourth-order valence-electron chi connectivity index (χ4n) is 1.73. The third-order valence-electron chi connectivity index (χ3n) is 2.94. The molecule has 0 unspecified atom stereocenters. The Bertz CT molecular complexity index is 859. The van der Waals surface area contributed by atoms with Crippen LogP contribution in [0.1, 0.15) is 15.9 Å². The molecule has 26 heavy (non-hydrogen) atoms. The maximum Gasteiger partial charge on any atom is 0.417 e. The van der Waals surface area contributed by atoms with Crippen LogP contribution < -0.4 is 5.32 Å². The second-order valence-electron chi connectivity index (χ2n) is 4.84. The summed E-state index contributed by atoms with van der Waals surface area (Å²) < 4.78 is 42.3. The number of aromatic nitrogens is 1. The van der Waals surface area contributed by atoms with E-state index >= 15 is 0 Å². The first-order valence-electron chi connectivity index (χ1n) is 6.76. The van der Waals surface area contributed by atoms with Gasteiger partial charge in [-0.25, -0.2) is 9.78 Å².